The van der Waals surface area contributed by atoms with Crippen molar-refractivity contribution < 1.29 is 10.0 Å². The van der Waals surface area contributed by atoms with Crippen molar-refractivity contribution in [3.8, 4) is 0 Å². The lowest BCUT2D eigenvalue weighted by Gasteiger charge is -2.47. The first kappa shape index (κ1) is 10.3. The molecule has 2 heteroatoms. The van der Waals surface area contributed by atoms with Gasteiger partial charge in [-0.05, 0) is 12.5 Å². The van der Waals surface area contributed by atoms with Crippen LogP contribution in [-0.2, 0) is 5.60 Å². The average Bonchev–Trinajstić information content (AvgIpc) is 2.31. The molecule has 1 aromatic carbocycles. The van der Waals surface area contributed by atoms with Crippen molar-refractivity contribution in [3.63, 3.8) is 0 Å². The van der Waals surface area contributed by atoms with Crippen LogP contribution in [0, 0.1) is 12.8 Å². The fourth-order valence-electron chi connectivity index (χ4n) is 3.39. The highest BCUT2D eigenvalue weighted by Gasteiger charge is 2.49. The van der Waals surface area contributed by atoms with Gasteiger partial charge in [-0.2, -0.15) is 0 Å². The lowest BCUT2D eigenvalue weighted by molar-refractivity contribution is -0.927. The number of piperidine rings is 3. The summed E-state index contributed by atoms with van der Waals surface area (Å²) in [4.78, 5) is 1.57. The Hall–Kier alpha value is -0.860. The van der Waals surface area contributed by atoms with Gasteiger partial charge in [-0.25, -0.2) is 0 Å². The minimum absolute atomic E-state index is 0.479. The van der Waals surface area contributed by atoms with Crippen molar-refractivity contribution in [1.82, 2.24) is 0 Å². The zero-order chi connectivity index (χ0) is 11.2. The highest BCUT2D eigenvalue weighted by molar-refractivity contribution is 5.28. The summed E-state index contributed by atoms with van der Waals surface area (Å²) in [6.45, 7) is 5.49. The topological polar surface area (TPSA) is 24.7 Å². The summed E-state index contributed by atoms with van der Waals surface area (Å²) in [6.07, 6.45) is 2.36. The van der Waals surface area contributed by atoms with Gasteiger partial charge in [0.2, 0.25) is 0 Å². The Morgan fingerprint density at radius 2 is 1.81 bits per heavy atom. The van der Waals surface area contributed by atoms with E-state index in [1.165, 1.54) is 31.5 Å². The van der Waals surface area contributed by atoms with E-state index in [4.69, 9.17) is 0 Å². The maximum Gasteiger partial charge on any atom is 0.141 e. The summed E-state index contributed by atoms with van der Waals surface area (Å²) >= 11 is 0. The molecule has 0 aromatic heterocycles. The largest absolute Gasteiger partial charge is 0.379 e. The van der Waals surface area contributed by atoms with Gasteiger partial charge in [0.25, 0.3) is 0 Å². The second-order valence-corrected chi connectivity index (χ2v) is 5.49. The van der Waals surface area contributed by atoms with E-state index in [2.05, 4.69) is 31.2 Å². The van der Waals surface area contributed by atoms with E-state index in [1.807, 2.05) is 0 Å². The third-order valence-electron chi connectivity index (χ3n) is 4.44. The monoisotopic (exact) mass is 218 g/mol. The van der Waals surface area contributed by atoms with E-state index in [-0.39, 0.29) is 0 Å². The van der Waals surface area contributed by atoms with Crippen LogP contribution in [-0.4, -0.2) is 24.7 Å². The van der Waals surface area contributed by atoms with Crippen LogP contribution in [0.15, 0.2) is 24.3 Å². The second kappa shape index (κ2) is 3.57. The fraction of sp³-hybridized carbons (Fsp3) is 0.571. The molecular formula is C14H20NO+. The highest BCUT2D eigenvalue weighted by atomic mass is 16.3. The molecule has 0 amide bonds. The number of aliphatic hydroxyl groups is 1. The van der Waals surface area contributed by atoms with Gasteiger partial charge in [-0.3, -0.25) is 0 Å². The molecule has 2 nitrogen and oxygen atoms in total. The molecule has 3 saturated heterocycles. The third-order valence-corrected chi connectivity index (χ3v) is 4.44. The van der Waals surface area contributed by atoms with Crippen molar-refractivity contribution in [1.29, 1.82) is 0 Å². The minimum Gasteiger partial charge on any atom is -0.379 e. The molecule has 0 unspecified atom stereocenters. The van der Waals surface area contributed by atoms with E-state index in [0.29, 0.717) is 5.92 Å². The Balaban J connectivity index is 1.95. The van der Waals surface area contributed by atoms with Gasteiger partial charge in [0.1, 0.15) is 12.1 Å². The lowest BCUT2D eigenvalue weighted by atomic mass is 9.71. The van der Waals surface area contributed by atoms with Crippen LogP contribution >= 0.6 is 0 Å². The molecule has 3 aliphatic rings. The van der Waals surface area contributed by atoms with Gasteiger partial charge in [0.05, 0.1) is 13.1 Å². The molecule has 2 bridgehead atoms. The molecule has 0 saturated carbocycles. The Kier molecular flexibility index (Phi) is 2.30. The number of benzene rings is 1. The summed E-state index contributed by atoms with van der Waals surface area (Å²) in [5.74, 6) is 0.479. The van der Waals surface area contributed by atoms with Crippen molar-refractivity contribution >= 4 is 0 Å². The maximum atomic E-state index is 10.9. The minimum atomic E-state index is -0.556. The number of hydrogen-bond donors (Lipinski definition) is 2. The van der Waals surface area contributed by atoms with Crippen molar-refractivity contribution in [2.45, 2.75) is 25.4 Å². The van der Waals surface area contributed by atoms with E-state index >= 15 is 0 Å². The summed E-state index contributed by atoms with van der Waals surface area (Å²) in [7, 11) is 0. The first-order valence-corrected chi connectivity index (χ1v) is 6.31. The third kappa shape index (κ3) is 1.48. The molecule has 86 valence electrons. The van der Waals surface area contributed by atoms with Crippen LogP contribution in [0.4, 0.5) is 0 Å². The van der Waals surface area contributed by atoms with Gasteiger partial charge in [0.15, 0.2) is 0 Å². The molecule has 4 rings (SSSR count). The molecule has 2 N–H and O–H groups in total. The van der Waals surface area contributed by atoms with Crippen molar-refractivity contribution in [2.24, 2.45) is 5.92 Å². The number of quaternary nitrogens is 1. The molecule has 16 heavy (non-hydrogen) atoms. The van der Waals surface area contributed by atoms with E-state index in [9.17, 15) is 5.11 Å². The zero-order valence-corrected chi connectivity index (χ0v) is 9.87. The number of nitrogens with one attached hydrogen (secondary N) is 1. The van der Waals surface area contributed by atoms with Gasteiger partial charge in [-0.1, -0.05) is 29.8 Å². The molecule has 0 radical (unpaired) electrons. The SMILES string of the molecule is Cc1ccc([C@@]2(O)C[NH+]3CCC2CC3)cc1. The normalized spacial score (nSPS) is 37.6. The number of fused-ring (bicyclic) bond motifs is 3. The Bertz CT molecular complexity index is 378. The molecule has 1 atom stereocenters. The first-order chi connectivity index (χ1) is 7.68. The zero-order valence-electron chi connectivity index (χ0n) is 9.87. The van der Waals surface area contributed by atoms with E-state index in [1.54, 1.807) is 4.90 Å². The van der Waals surface area contributed by atoms with Crippen molar-refractivity contribution in [2.75, 3.05) is 19.6 Å². The Morgan fingerprint density at radius 1 is 1.19 bits per heavy atom. The predicted molar refractivity (Wildman–Crippen MR) is 63.4 cm³/mol. The lowest BCUT2D eigenvalue weighted by Crippen LogP contribution is -3.17. The van der Waals surface area contributed by atoms with Gasteiger partial charge in [-0.15, -0.1) is 0 Å². The van der Waals surface area contributed by atoms with Crippen LogP contribution in [0.5, 0.6) is 0 Å². The Morgan fingerprint density at radius 3 is 2.31 bits per heavy atom. The van der Waals surface area contributed by atoms with Crippen LogP contribution in [0.25, 0.3) is 0 Å². The van der Waals surface area contributed by atoms with Gasteiger partial charge in [0, 0.05) is 18.8 Å². The molecule has 0 spiro atoms. The smallest absolute Gasteiger partial charge is 0.141 e. The summed E-state index contributed by atoms with van der Waals surface area (Å²) < 4.78 is 0. The first-order valence-electron chi connectivity index (χ1n) is 6.31. The van der Waals surface area contributed by atoms with E-state index in [0.717, 1.165) is 12.1 Å². The molecule has 1 aromatic rings. The molecule has 3 fully saturated rings. The van der Waals surface area contributed by atoms with Crippen molar-refractivity contribution in [3.05, 3.63) is 35.4 Å². The quantitative estimate of drug-likeness (QED) is 0.704. The van der Waals surface area contributed by atoms with Crippen LogP contribution in [0.2, 0.25) is 0 Å². The fourth-order valence-corrected chi connectivity index (χ4v) is 3.39. The van der Waals surface area contributed by atoms with Crippen LogP contribution in [0.3, 0.4) is 0 Å². The van der Waals surface area contributed by atoms with Gasteiger partial charge >= 0.3 is 0 Å². The number of hydrogen-bond acceptors (Lipinski definition) is 1. The highest BCUT2D eigenvalue weighted by Crippen LogP contribution is 2.36. The average molecular weight is 218 g/mol. The standard InChI is InChI=1S/C14H19NO/c1-11-2-4-12(5-3-11)14(16)10-15-8-6-13(14)7-9-15/h2-5,13,16H,6-10H2,1H3/p+1/t14-/m0/s1. The maximum absolute atomic E-state index is 10.9. The van der Waals surface area contributed by atoms with Gasteiger partial charge < -0.3 is 10.0 Å². The number of aryl methyl sites for hydroxylation is 1. The molecule has 3 aliphatic heterocycles. The van der Waals surface area contributed by atoms with Crippen LogP contribution in [0.1, 0.15) is 24.0 Å². The second-order valence-electron chi connectivity index (χ2n) is 5.49. The molecule has 0 aliphatic carbocycles. The summed E-state index contributed by atoms with van der Waals surface area (Å²) in [5.41, 5.74) is 1.83. The predicted octanol–water partition coefficient (Wildman–Crippen LogP) is 0.491. The number of rotatable bonds is 1. The Labute approximate surface area is 96.9 Å². The molecular weight excluding hydrogens is 198 g/mol. The summed E-state index contributed by atoms with van der Waals surface area (Å²) in [5, 5.41) is 10.9. The van der Waals surface area contributed by atoms with E-state index < -0.39 is 5.60 Å². The summed E-state index contributed by atoms with van der Waals surface area (Å²) in [6, 6.07) is 8.44. The molecule has 3 heterocycles. The van der Waals surface area contributed by atoms with Crippen LogP contribution < -0.4 is 4.90 Å².